The number of methoxy groups -OCH3 is 1. The van der Waals surface area contributed by atoms with E-state index in [9.17, 15) is 4.79 Å². The fourth-order valence-corrected chi connectivity index (χ4v) is 5.25. The summed E-state index contributed by atoms with van der Waals surface area (Å²) in [6.45, 7) is 3.15. The predicted molar refractivity (Wildman–Crippen MR) is 117 cm³/mol. The summed E-state index contributed by atoms with van der Waals surface area (Å²) in [5.41, 5.74) is 1.92. The molecular weight excluding hydrogens is 388 g/mol. The molecule has 1 aliphatic carbocycles. The van der Waals surface area contributed by atoms with Gasteiger partial charge < -0.3 is 19.3 Å². The highest BCUT2D eigenvalue weighted by Gasteiger charge is 2.23. The van der Waals surface area contributed by atoms with Crippen molar-refractivity contribution in [1.29, 1.82) is 0 Å². The zero-order valence-electron chi connectivity index (χ0n) is 17.3. The summed E-state index contributed by atoms with van der Waals surface area (Å²) in [5, 5.41) is 3.64. The van der Waals surface area contributed by atoms with Crippen LogP contribution in [0.2, 0.25) is 0 Å². The van der Waals surface area contributed by atoms with E-state index >= 15 is 0 Å². The topological polar surface area (TPSA) is 66.9 Å². The van der Waals surface area contributed by atoms with Gasteiger partial charge in [-0.3, -0.25) is 5.32 Å². The number of nitrogens with one attached hydrogen (secondary N) is 1. The summed E-state index contributed by atoms with van der Waals surface area (Å²) in [5.74, 6) is 0.728. The van der Waals surface area contributed by atoms with Gasteiger partial charge in [0.2, 0.25) is 0 Å². The summed E-state index contributed by atoms with van der Waals surface area (Å²) in [4.78, 5) is 21.7. The van der Waals surface area contributed by atoms with E-state index < -0.39 is 0 Å². The average molecular weight is 419 g/mol. The Bertz CT molecular complexity index is 842. The van der Waals surface area contributed by atoms with Crippen LogP contribution in [0.25, 0.3) is 10.2 Å². The van der Waals surface area contributed by atoms with Gasteiger partial charge in [-0.2, -0.15) is 0 Å². The van der Waals surface area contributed by atoms with Crippen LogP contribution in [0.1, 0.15) is 38.5 Å². The molecule has 8 heteroatoms. The van der Waals surface area contributed by atoms with Crippen molar-refractivity contribution in [2.24, 2.45) is 0 Å². The van der Waals surface area contributed by atoms with E-state index in [1.807, 2.05) is 18.0 Å². The molecule has 2 aromatic rings. The molecular formula is C21H30N4O3S. The third-order valence-corrected chi connectivity index (χ3v) is 6.96. The van der Waals surface area contributed by atoms with Gasteiger partial charge >= 0.3 is 6.03 Å². The molecule has 0 unspecified atom stereocenters. The number of ether oxygens (including phenoxy) is 2. The van der Waals surface area contributed by atoms with Crippen LogP contribution in [-0.4, -0.2) is 62.4 Å². The van der Waals surface area contributed by atoms with E-state index in [1.165, 1.54) is 37.0 Å². The number of carbonyl (C=O) groups is 1. The Morgan fingerprint density at radius 3 is 2.66 bits per heavy atom. The third kappa shape index (κ3) is 4.43. The number of benzene rings is 1. The third-order valence-electron chi connectivity index (χ3n) is 5.96. The maximum atomic E-state index is 12.9. The van der Waals surface area contributed by atoms with Crippen molar-refractivity contribution in [2.75, 3.05) is 50.7 Å². The van der Waals surface area contributed by atoms with Crippen LogP contribution < -0.4 is 15.0 Å². The molecule has 1 aliphatic heterocycles. The molecule has 1 saturated carbocycles. The fraction of sp³-hybridized carbons (Fsp3) is 0.619. The van der Waals surface area contributed by atoms with Gasteiger partial charge in [0.1, 0.15) is 11.3 Å². The molecule has 0 atom stereocenters. The van der Waals surface area contributed by atoms with Crippen molar-refractivity contribution >= 4 is 38.4 Å². The van der Waals surface area contributed by atoms with E-state index in [-0.39, 0.29) is 6.03 Å². The number of thiazole rings is 1. The van der Waals surface area contributed by atoms with Crippen LogP contribution in [0.5, 0.6) is 5.75 Å². The fourth-order valence-electron chi connectivity index (χ4n) is 4.23. The Kier molecular flexibility index (Phi) is 6.40. The monoisotopic (exact) mass is 418 g/mol. The predicted octanol–water partition coefficient (Wildman–Crippen LogP) is 4.33. The number of morpholine rings is 1. The molecule has 0 radical (unpaired) electrons. The number of hydrogen-bond acceptors (Lipinski definition) is 6. The molecule has 1 aromatic carbocycles. The highest BCUT2D eigenvalue weighted by atomic mass is 32.1. The van der Waals surface area contributed by atoms with Crippen molar-refractivity contribution < 1.29 is 14.3 Å². The van der Waals surface area contributed by atoms with Crippen LogP contribution in [0.15, 0.2) is 12.1 Å². The normalized spacial score (nSPS) is 18.5. The molecule has 0 bridgehead atoms. The van der Waals surface area contributed by atoms with Gasteiger partial charge in [-0.1, -0.05) is 37.0 Å². The first-order valence-corrected chi connectivity index (χ1v) is 11.3. The lowest BCUT2D eigenvalue weighted by Gasteiger charge is -2.29. The summed E-state index contributed by atoms with van der Waals surface area (Å²) in [7, 11) is 3.55. The van der Waals surface area contributed by atoms with E-state index in [2.05, 4.69) is 16.3 Å². The van der Waals surface area contributed by atoms with E-state index in [0.29, 0.717) is 11.2 Å². The van der Waals surface area contributed by atoms with Crippen molar-refractivity contribution in [3.63, 3.8) is 0 Å². The van der Waals surface area contributed by atoms with E-state index in [1.54, 1.807) is 7.11 Å². The molecule has 2 heterocycles. The minimum Gasteiger partial charge on any atom is -0.494 e. The van der Waals surface area contributed by atoms with Gasteiger partial charge in [0.25, 0.3) is 0 Å². The highest BCUT2D eigenvalue weighted by molar-refractivity contribution is 7.23. The molecule has 4 rings (SSSR count). The molecule has 1 N–H and O–H groups in total. The maximum absolute atomic E-state index is 12.9. The molecule has 158 valence electrons. The molecule has 1 aromatic heterocycles. The number of hydrogen-bond donors (Lipinski definition) is 1. The Morgan fingerprint density at radius 1 is 1.24 bits per heavy atom. The summed E-state index contributed by atoms with van der Waals surface area (Å²) < 4.78 is 12.1. The van der Waals surface area contributed by atoms with E-state index in [0.717, 1.165) is 60.8 Å². The molecule has 1 saturated heterocycles. The van der Waals surface area contributed by atoms with Gasteiger partial charge in [0.15, 0.2) is 5.13 Å². The minimum atomic E-state index is -0.0807. The number of amides is 2. The van der Waals surface area contributed by atoms with Crippen LogP contribution in [0.4, 0.5) is 15.6 Å². The van der Waals surface area contributed by atoms with Crippen molar-refractivity contribution in [2.45, 2.75) is 44.6 Å². The summed E-state index contributed by atoms with van der Waals surface area (Å²) >= 11 is 1.51. The maximum Gasteiger partial charge on any atom is 0.323 e. The van der Waals surface area contributed by atoms with Crippen LogP contribution in [0.3, 0.4) is 0 Å². The lowest BCUT2D eigenvalue weighted by atomic mass is 10.1. The van der Waals surface area contributed by atoms with Crippen LogP contribution in [-0.2, 0) is 4.74 Å². The first-order valence-electron chi connectivity index (χ1n) is 10.5. The van der Waals surface area contributed by atoms with Gasteiger partial charge in [0.05, 0.1) is 30.7 Å². The molecule has 2 amide bonds. The molecule has 2 aliphatic rings. The van der Waals surface area contributed by atoms with Crippen LogP contribution in [0, 0.1) is 0 Å². The van der Waals surface area contributed by atoms with E-state index in [4.69, 9.17) is 14.5 Å². The number of nitrogens with zero attached hydrogens (tertiary/aromatic N) is 3. The SMILES string of the molecule is COc1ccc(N2CCOCC2)c2sc(NC(=O)N(C)C3CCCCCC3)nc12. The lowest BCUT2D eigenvalue weighted by molar-refractivity contribution is 0.123. The van der Waals surface area contributed by atoms with Crippen molar-refractivity contribution in [3.8, 4) is 5.75 Å². The number of aromatic nitrogens is 1. The molecule has 7 nitrogen and oxygen atoms in total. The van der Waals surface area contributed by atoms with Crippen LogP contribution >= 0.6 is 11.3 Å². The van der Waals surface area contributed by atoms with Gasteiger partial charge in [0, 0.05) is 26.2 Å². The highest BCUT2D eigenvalue weighted by Crippen LogP contribution is 2.39. The Hall–Kier alpha value is -2.06. The van der Waals surface area contributed by atoms with Gasteiger partial charge in [-0.25, -0.2) is 9.78 Å². The lowest BCUT2D eigenvalue weighted by Crippen LogP contribution is -2.39. The first kappa shape index (κ1) is 20.2. The Balaban J connectivity index is 1.56. The number of carbonyl (C=O) groups excluding carboxylic acids is 1. The Labute approximate surface area is 176 Å². The molecule has 2 fully saturated rings. The largest absolute Gasteiger partial charge is 0.494 e. The Morgan fingerprint density at radius 2 is 1.97 bits per heavy atom. The van der Waals surface area contributed by atoms with Gasteiger partial charge in [-0.05, 0) is 25.0 Å². The average Bonchev–Trinajstić information content (AvgIpc) is 2.98. The second-order valence-corrected chi connectivity index (χ2v) is 8.77. The number of anilines is 2. The second kappa shape index (κ2) is 9.17. The zero-order chi connectivity index (χ0) is 20.2. The second-order valence-electron chi connectivity index (χ2n) is 7.77. The minimum absolute atomic E-state index is 0.0807. The first-order chi connectivity index (χ1) is 14.2. The summed E-state index contributed by atoms with van der Waals surface area (Å²) in [6.07, 6.45) is 7.10. The number of urea groups is 1. The quantitative estimate of drug-likeness (QED) is 0.749. The van der Waals surface area contributed by atoms with Crippen molar-refractivity contribution in [3.05, 3.63) is 12.1 Å². The molecule has 29 heavy (non-hydrogen) atoms. The summed E-state index contributed by atoms with van der Waals surface area (Å²) in [6, 6.07) is 4.26. The van der Waals surface area contributed by atoms with Gasteiger partial charge in [-0.15, -0.1) is 0 Å². The zero-order valence-corrected chi connectivity index (χ0v) is 18.1. The standard InChI is InChI=1S/C21H30N4O3S/c1-24(15-7-5-3-4-6-8-15)21(26)23-20-22-18-17(27-2)10-9-16(19(18)29-20)25-11-13-28-14-12-25/h9-10,15H,3-8,11-14H2,1-2H3,(H,22,23,26). The number of fused-ring (bicyclic) bond motifs is 1. The number of rotatable bonds is 4. The van der Waals surface area contributed by atoms with Crippen molar-refractivity contribution in [1.82, 2.24) is 9.88 Å². The smallest absolute Gasteiger partial charge is 0.323 e. The molecule has 0 spiro atoms.